The maximum Gasteiger partial charge on any atom is 0.410 e. The lowest BCUT2D eigenvalue weighted by molar-refractivity contribution is 0.0219. The number of ether oxygens (including phenoxy) is 1. The lowest BCUT2D eigenvalue weighted by Crippen LogP contribution is -2.36. The third-order valence-corrected chi connectivity index (χ3v) is 4.05. The highest BCUT2D eigenvalue weighted by Crippen LogP contribution is 2.34. The van der Waals surface area contributed by atoms with Crippen LogP contribution in [0.25, 0.3) is 11.3 Å². The molecule has 0 N–H and O–H groups in total. The standard InChI is InChI=1S/C19H24N2O3/c1-13-7-5-8-14(11-13)17-12-15(20-24-17)16-9-6-10-21(16)18(22)23-19(2,3)4/h5,7-8,11-12,16H,6,9-10H2,1-4H3. The van der Waals surface area contributed by atoms with Gasteiger partial charge in [-0.15, -0.1) is 0 Å². The summed E-state index contributed by atoms with van der Waals surface area (Å²) in [5.41, 5.74) is 2.45. The van der Waals surface area contributed by atoms with Crippen molar-refractivity contribution in [2.45, 2.75) is 52.2 Å². The van der Waals surface area contributed by atoms with Crippen LogP contribution in [0.2, 0.25) is 0 Å². The van der Waals surface area contributed by atoms with Crippen LogP contribution in [0.5, 0.6) is 0 Å². The molecule has 3 rings (SSSR count). The number of hydrogen-bond acceptors (Lipinski definition) is 4. The third-order valence-electron chi connectivity index (χ3n) is 4.05. The van der Waals surface area contributed by atoms with Crippen LogP contribution < -0.4 is 0 Å². The van der Waals surface area contributed by atoms with Crippen LogP contribution in [0, 0.1) is 6.92 Å². The van der Waals surface area contributed by atoms with Crippen LogP contribution in [0.15, 0.2) is 34.9 Å². The van der Waals surface area contributed by atoms with Gasteiger partial charge in [0.05, 0.1) is 6.04 Å². The first-order valence-electron chi connectivity index (χ1n) is 8.37. The molecular weight excluding hydrogens is 304 g/mol. The van der Waals surface area contributed by atoms with E-state index in [4.69, 9.17) is 9.26 Å². The van der Waals surface area contributed by atoms with Crippen molar-refractivity contribution in [3.8, 4) is 11.3 Å². The van der Waals surface area contributed by atoms with E-state index in [0.717, 1.165) is 29.9 Å². The van der Waals surface area contributed by atoms with Crippen molar-refractivity contribution in [1.29, 1.82) is 0 Å². The SMILES string of the molecule is Cc1cccc(-c2cc(C3CCCN3C(=O)OC(C)(C)C)no2)c1. The summed E-state index contributed by atoms with van der Waals surface area (Å²) in [7, 11) is 0. The second kappa shape index (κ2) is 6.30. The minimum absolute atomic E-state index is 0.0813. The van der Waals surface area contributed by atoms with Gasteiger partial charge in [0.2, 0.25) is 0 Å². The summed E-state index contributed by atoms with van der Waals surface area (Å²) in [5.74, 6) is 0.727. The molecule has 5 heteroatoms. The molecular formula is C19H24N2O3. The van der Waals surface area contributed by atoms with Crippen LogP contribution >= 0.6 is 0 Å². The molecule has 24 heavy (non-hydrogen) atoms. The highest BCUT2D eigenvalue weighted by atomic mass is 16.6. The van der Waals surface area contributed by atoms with Crippen molar-refractivity contribution in [2.24, 2.45) is 0 Å². The molecule has 5 nitrogen and oxygen atoms in total. The average molecular weight is 328 g/mol. The molecule has 1 atom stereocenters. The zero-order chi connectivity index (χ0) is 17.3. The van der Waals surface area contributed by atoms with Crippen molar-refractivity contribution in [3.63, 3.8) is 0 Å². The summed E-state index contributed by atoms with van der Waals surface area (Å²) >= 11 is 0. The van der Waals surface area contributed by atoms with Gasteiger partial charge in [-0.1, -0.05) is 28.9 Å². The second-order valence-corrected chi connectivity index (χ2v) is 7.32. The Kier molecular flexibility index (Phi) is 4.35. The summed E-state index contributed by atoms with van der Waals surface area (Å²) in [5, 5.41) is 4.21. The van der Waals surface area contributed by atoms with Crippen LogP contribution in [0.1, 0.15) is 50.9 Å². The Morgan fingerprint density at radius 2 is 2.12 bits per heavy atom. The number of hydrogen-bond donors (Lipinski definition) is 0. The summed E-state index contributed by atoms with van der Waals surface area (Å²) < 4.78 is 11.0. The monoisotopic (exact) mass is 328 g/mol. The Morgan fingerprint density at radius 1 is 1.33 bits per heavy atom. The average Bonchev–Trinajstić information content (AvgIpc) is 3.14. The van der Waals surface area contributed by atoms with E-state index in [-0.39, 0.29) is 12.1 Å². The number of aryl methyl sites for hydroxylation is 1. The minimum Gasteiger partial charge on any atom is -0.444 e. The van der Waals surface area contributed by atoms with Gasteiger partial charge in [-0.2, -0.15) is 0 Å². The minimum atomic E-state index is -0.499. The van der Waals surface area contributed by atoms with Crippen LogP contribution in [-0.2, 0) is 4.74 Å². The van der Waals surface area contributed by atoms with Crippen molar-refractivity contribution in [1.82, 2.24) is 10.1 Å². The molecule has 0 radical (unpaired) electrons. The van der Waals surface area contributed by atoms with Crippen LogP contribution in [0.4, 0.5) is 4.79 Å². The first-order valence-corrected chi connectivity index (χ1v) is 8.37. The van der Waals surface area contributed by atoms with Crippen molar-refractivity contribution < 1.29 is 14.1 Å². The molecule has 1 aromatic carbocycles. The Hall–Kier alpha value is -2.30. The molecule has 2 heterocycles. The molecule has 0 aliphatic carbocycles. The highest BCUT2D eigenvalue weighted by molar-refractivity contribution is 5.69. The summed E-state index contributed by atoms with van der Waals surface area (Å²) in [4.78, 5) is 14.2. The quantitative estimate of drug-likeness (QED) is 0.800. The number of carbonyl (C=O) groups is 1. The van der Waals surface area contributed by atoms with E-state index in [2.05, 4.69) is 11.2 Å². The van der Waals surface area contributed by atoms with Gasteiger partial charge < -0.3 is 9.26 Å². The van der Waals surface area contributed by atoms with Crippen molar-refractivity contribution in [2.75, 3.05) is 6.54 Å². The van der Waals surface area contributed by atoms with Gasteiger partial charge in [-0.3, -0.25) is 4.90 Å². The van der Waals surface area contributed by atoms with Gasteiger partial charge in [-0.25, -0.2) is 4.79 Å². The van der Waals surface area contributed by atoms with E-state index >= 15 is 0 Å². The molecule has 1 fully saturated rings. The van der Waals surface area contributed by atoms with E-state index in [9.17, 15) is 4.79 Å². The Balaban J connectivity index is 1.80. The number of amides is 1. The fourth-order valence-corrected chi connectivity index (χ4v) is 2.99. The molecule has 2 aromatic rings. The molecule has 1 amide bonds. The molecule has 0 bridgehead atoms. The predicted molar refractivity (Wildman–Crippen MR) is 91.6 cm³/mol. The topological polar surface area (TPSA) is 55.6 Å². The number of nitrogens with zero attached hydrogens (tertiary/aromatic N) is 2. The van der Waals surface area contributed by atoms with Gasteiger partial charge in [0.25, 0.3) is 0 Å². The smallest absolute Gasteiger partial charge is 0.410 e. The highest BCUT2D eigenvalue weighted by Gasteiger charge is 2.35. The predicted octanol–water partition coefficient (Wildman–Crippen LogP) is 4.72. The molecule has 1 saturated heterocycles. The van der Waals surface area contributed by atoms with Gasteiger partial charge in [0.1, 0.15) is 11.3 Å². The van der Waals surface area contributed by atoms with E-state index < -0.39 is 5.60 Å². The molecule has 1 unspecified atom stereocenters. The summed E-state index contributed by atoms with van der Waals surface area (Å²) in [6, 6.07) is 9.95. The Bertz CT molecular complexity index is 730. The van der Waals surface area contributed by atoms with E-state index in [0.29, 0.717) is 6.54 Å². The molecule has 1 aliphatic heterocycles. The lowest BCUT2D eigenvalue weighted by Gasteiger charge is -2.27. The fraction of sp³-hybridized carbons (Fsp3) is 0.474. The number of rotatable bonds is 2. The Labute approximate surface area is 142 Å². The first-order chi connectivity index (χ1) is 11.3. The largest absolute Gasteiger partial charge is 0.444 e. The normalized spacial score (nSPS) is 18.0. The van der Waals surface area contributed by atoms with Crippen LogP contribution in [-0.4, -0.2) is 28.3 Å². The molecule has 1 aromatic heterocycles. The first kappa shape index (κ1) is 16.6. The zero-order valence-electron chi connectivity index (χ0n) is 14.7. The maximum atomic E-state index is 12.4. The Morgan fingerprint density at radius 3 is 2.83 bits per heavy atom. The summed E-state index contributed by atoms with van der Waals surface area (Å²) in [6.07, 6.45) is 1.53. The van der Waals surface area contributed by atoms with Gasteiger partial charge in [0, 0.05) is 18.2 Å². The number of likely N-dealkylation sites (tertiary alicyclic amines) is 1. The maximum absolute atomic E-state index is 12.4. The molecule has 128 valence electrons. The molecule has 1 aliphatic rings. The van der Waals surface area contributed by atoms with E-state index in [1.54, 1.807) is 4.90 Å². The molecule has 0 saturated carbocycles. The fourth-order valence-electron chi connectivity index (χ4n) is 2.99. The van der Waals surface area contributed by atoms with Crippen molar-refractivity contribution in [3.05, 3.63) is 41.6 Å². The van der Waals surface area contributed by atoms with Gasteiger partial charge in [0.15, 0.2) is 5.76 Å². The van der Waals surface area contributed by atoms with Gasteiger partial charge in [-0.05, 0) is 46.6 Å². The second-order valence-electron chi connectivity index (χ2n) is 7.32. The van der Waals surface area contributed by atoms with E-state index in [1.165, 1.54) is 5.56 Å². The van der Waals surface area contributed by atoms with E-state index in [1.807, 2.05) is 52.0 Å². The number of carbonyl (C=O) groups excluding carboxylic acids is 1. The van der Waals surface area contributed by atoms with Crippen LogP contribution in [0.3, 0.4) is 0 Å². The molecule has 0 spiro atoms. The zero-order valence-corrected chi connectivity index (χ0v) is 14.7. The number of aromatic nitrogens is 1. The van der Waals surface area contributed by atoms with Gasteiger partial charge >= 0.3 is 6.09 Å². The number of benzene rings is 1. The lowest BCUT2D eigenvalue weighted by atomic mass is 10.1. The third kappa shape index (κ3) is 3.61. The summed E-state index contributed by atoms with van der Waals surface area (Å²) in [6.45, 7) is 8.36. The van der Waals surface area contributed by atoms with Crippen molar-refractivity contribution >= 4 is 6.09 Å².